The van der Waals surface area contributed by atoms with Crippen LogP contribution in [-0.2, 0) is 10.0 Å². The minimum absolute atomic E-state index is 0.0420. The summed E-state index contributed by atoms with van der Waals surface area (Å²) in [5, 5.41) is 0.633. The number of carbonyl (C=O) groups is 1. The number of hydrogen-bond donors (Lipinski definition) is 1. The van der Waals surface area contributed by atoms with E-state index in [9.17, 15) is 13.2 Å². The fraction of sp³-hybridized carbons (Fsp3) is 0.423. The maximum Gasteiger partial charge on any atom is 0.289 e. The van der Waals surface area contributed by atoms with Crippen LogP contribution in [-0.4, -0.2) is 45.5 Å². The number of sulfonamides is 1. The number of nitrogens with one attached hydrogen (secondary N) is 1. The van der Waals surface area contributed by atoms with E-state index >= 15 is 0 Å². The van der Waals surface area contributed by atoms with Crippen molar-refractivity contribution in [1.82, 2.24) is 4.90 Å². The molecule has 3 aromatic rings. The van der Waals surface area contributed by atoms with Crippen molar-refractivity contribution >= 4 is 32.6 Å². The summed E-state index contributed by atoms with van der Waals surface area (Å²) in [7, 11) is -4.04. The normalized spacial score (nSPS) is 16.3. The van der Waals surface area contributed by atoms with Gasteiger partial charge in [0.15, 0.2) is 22.8 Å². The number of fused-ring (bicyclic) bond motifs is 2. The molecule has 2 aliphatic rings. The van der Waals surface area contributed by atoms with Gasteiger partial charge in [-0.3, -0.25) is 9.52 Å². The summed E-state index contributed by atoms with van der Waals surface area (Å²) in [6.07, 6.45) is 4.13. The number of nitrogens with zero attached hydrogens (tertiary/aromatic N) is 1. The van der Waals surface area contributed by atoms with E-state index < -0.39 is 10.0 Å². The molecule has 0 atom stereocenters. The number of rotatable bonds is 4. The van der Waals surface area contributed by atoms with E-state index in [1.807, 2.05) is 24.8 Å². The van der Waals surface area contributed by atoms with Gasteiger partial charge in [-0.25, -0.2) is 8.42 Å². The Labute approximate surface area is 205 Å². The van der Waals surface area contributed by atoms with Crippen LogP contribution in [0.15, 0.2) is 33.6 Å². The van der Waals surface area contributed by atoms with Crippen molar-refractivity contribution in [1.29, 1.82) is 0 Å². The Morgan fingerprint density at radius 2 is 1.60 bits per heavy atom. The molecule has 0 radical (unpaired) electrons. The van der Waals surface area contributed by atoms with Gasteiger partial charge in [0.05, 0.1) is 5.69 Å². The van der Waals surface area contributed by atoms with Crippen LogP contribution in [0.5, 0.6) is 11.5 Å². The molecule has 3 heterocycles. The van der Waals surface area contributed by atoms with Crippen LogP contribution in [0.4, 0.5) is 5.69 Å². The van der Waals surface area contributed by atoms with Gasteiger partial charge in [-0.05, 0) is 62.9 Å². The molecule has 186 valence electrons. The first-order chi connectivity index (χ1) is 16.8. The first-order valence-electron chi connectivity index (χ1n) is 12.0. The lowest BCUT2D eigenvalue weighted by Gasteiger charge is -2.19. The van der Waals surface area contributed by atoms with E-state index in [1.54, 1.807) is 25.1 Å². The monoisotopic (exact) mass is 498 g/mol. The summed E-state index contributed by atoms with van der Waals surface area (Å²) in [5.41, 5.74) is 2.59. The molecular formula is C26H30N2O6S. The van der Waals surface area contributed by atoms with Crippen LogP contribution >= 0.6 is 0 Å². The summed E-state index contributed by atoms with van der Waals surface area (Å²) >= 11 is 0. The standard InChI is InChI=1S/C26H30N2O6S/c1-16-14-20-18(3)23(26(29)28-10-6-4-5-7-11-28)34-24(20)25(17(16)2)35(30,31)27-19-8-9-21-22(15-19)33-13-12-32-21/h8-9,14-15,27H,4-7,10-13H2,1-3H3. The fourth-order valence-corrected chi connectivity index (χ4v) is 6.30. The Morgan fingerprint density at radius 1 is 0.914 bits per heavy atom. The third-order valence-corrected chi connectivity index (χ3v) is 8.38. The first-order valence-corrected chi connectivity index (χ1v) is 13.5. The fourth-order valence-electron chi connectivity index (χ4n) is 4.80. The Morgan fingerprint density at radius 3 is 2.31 bits per heavy atom. The molecule has 1 saturated heterocycles. The van der Waals surface area contributed by atoms with E-state index in [0.29, 0.717) is 60.0 Å². The average Bonchev–Trinajstić information content (AvgIpc) is 3.01. The van der Waals surface area contributed by atoms with Gasteiger partial charge < -0.3 is 18.8 Å². The summed E-state index contributed by atoms with van der Waals surface area (Å²) in [5.74, 6) is 1.09. The predicted molar refractivity (Wildman–Crippen MR) is 133 cm³/mol. The molecule has 0 saturated carbocycles. The Hall–Kier alpha value is -3.20. The van der Waals surface area contributed by atoms with Crippen LogP contribution in [0.1, 0.15) is 52.9 Å². The van der Waals surface area contributed by atoms with Crippen molar-refractivity contribution in [3.63, 3.8) is 0 Å². The zero-order chi connectivity index (χ0) is 24.7. The van der Waals surface area contributed by atoms with Crippen molar-refractivity contribution in [3.05, 3.63) is 46.7 Å². The SMILES string of the molecule is Cc1cc2c(C)c(C(=O)N3CCCCCC3)oc2c(S(=O)(=O)Nc2ccc3c(c2)OCCO3)c1C. The zero-order valence-electron chi connectivity index (χ0n) is 20.3. The molecule has 0 aliphatic carbocycles. The molecule has 35 heavy (non-hydrogen) atoms. The lowest BCUT2D eigenvalue weighted by atomic mass is 10.0. The Bertz CT molecular complexity index is 1400. The van der Waals surface area contributed by atoms with E-state index in [1.165, 1.54) is 0 Å². The second-order valence-corrected chi connectivity index (χ2v) is 10.9. The van der Waals surface area contributed by atoms with Gasteiger partial charge in [-0.1, -0.05) is 12.8 Å². The second kappa shape index (κ2) is 9.11. The maximum absolute atomic E-state index is 13.7. The highest BCUT2D eigenvalue weighted by Gasteiger charge is 2.30. The Kier molecular flexibility index (Phi) is 6.13. The molecule has 1 N–H and O–H groups in total. The van der Waals surface area contributed by atoms with Gasteiger partial charge in [0.25, 0.3) is 15.9 Å². The van der Waals surface area contributed by atoms with Crippen LogP contribution < -0.4 is 14.2 Å². The number of anilines is 1. The number of ether oxygens (including phenoxy) is 2. The van der Waals surface area contributed by atoms with Crippen molar-refractivity contribution in [2.75, 3.05) is 31.0 Å². The van der Waals surface area contributed by atoms with Crippen molar-refractivity contribution in [3.8, 4) is 11.5 Å². The molecule has 0 spiro atoms. The molecule has 1 fully saturated rings. The highest BCUT2D eigenvalue weighted by molar-refractivity contribution is 7.93. The van der Waals surface area contributed by atoms with E-state index in [4.69, 9.17) is 13.9 Å². The first kappa shape index (κ1) is 23.5. The lowest BCUT2D eigenvalue weighted by molar-refractivity contribution is 0.0731. The largest absolute Gasteiger partial charge is 0.486 e. The van der Waals surface area contributed by atoms with E-state index in [0.717, 1.165) is 31.2 Å². The molecule has 0 unspecified atom stereocenters. The van der Waals surface area contributed by atoms with Gasteiger partial charge in [0.1, 0.15) is 18.1 Å². The van der Waals surface area contributed by atoms with Gasteiger partial charge in [0, 0.05) is 30.1 Å². The van der Waals surface area contributed by atoms with Crippen LogP contribution in [0.2, 0.25) is 0 Å². The molecule has 2 aromatic carbocycles. The molecular weight excluding hydrogens is 468 g/mol. The number of likely N-dealkylation sites (tertiary alicyclic amines) is 1. The minimum atomic E-state index is -4.04. The third-order valence-electron chi connectivity index (χ3n) is 6.84. The second-order valence-electron chi connectivity index (χ2n) is 9.25. The van der Waals surface area contributed by atoms with Crippen LogP contribution in [0, 0.1) is 20.8 Å². The summed E-state index contributed by atoms with van der Waals surface area (Å²) in [6.45, 7) is 7.65. The van der Waals surface area contributed by atoms with Gasteiger partial charge in [0.2, 0.25) is 0 Å². The van der Waals surface area contributed by atoms with E-state index in [-0.39, 0.29) is 22.1 Å². The molecule has 1 aromatic heterocycles. The van der Waals surface area contributed by atoms with Gasteiger partial charge >= 0.3 is 0 Å². The van der Waals surface area contributed by atoms with Crippen LogP contribution in [0.3, 0.4) is 0 Å². The van der Waals surface area contributed by atoms with E-state index in [2.05, 4.69) is 4.72 Å². The van der Waals surface area contributed by atoms with Crippen LogP contribution in [0.25, 0.3) is 11.0 Å². The summed E-state index contributed by atoms with van der Waals surface area (Å²) < 4.78 is 47.2. The number of carbonyl (C=O) groups excluding carboxylic acids is 1. The van der Waals surface area contributed by atoms with Crippen molar-refractivity contribution in [2.24, 2.45) is 0 Å². The molecule has 9 heteroatoms. The average molecular weight is 499 g/mol. The number of amides is 1. The van der Waals surface area contributed by atoms with Gasteiger partial charge in [-0.15, -0.1) is 0 Å². The van der Waals surface area contributed by atoms with Crippen molar-refractivity contribution < 1.29 is 27.1 Å². The van der Waals surface area contributed by atoms with Crippen molar-refractivity contribution in [2.45, 2.75) is 51.3 Å². The van der Waals surface area contributed by atoms with Gasteiger partial charge in [-0.2, -0.15) is 0 Å². The third kappa shape index (κ3) is 4.33. The number of hydrogen-bond acceptors (Lipinski definition) is 6. The predicted octanol–water partition coefficient (Wildman–Crippen LogP) is 4.95. The quantitative estimate of drug-likeness (QED) is 0.547. The number of aryl methyl sites for hydroxylation is 2. The zero-order valence-corrected chi connectivity index (χ0v) is 21.1. The topological polar surface area (TPSA) is 98.1 Å². The molecule has 1 amide bonds. The smallest absolute Gasteiger partial charge is 0.289 e. The molecule has 5 rings (SSSR count). The molecule has 2 aliphatic heterocycles. The number of furan rings is 1. The minimum Gasteiger partial charge on any atom is -0.486 e. The summed E-state index contributed by atoms with van der Waals surface area (Å²) in [6, 6.07) is 6.82. The molecule has 8 nitrogen and oxygen atoms in total. The summed E-state index contributed by atoms with van der Waals surface area (Å²) in [4.78, 5) is 15.2. The lowest BCUT2D eigenvalue weighted by Crippen LogP contribution is -2.31. The Balaban J connectivity index is 1.57. The number of benzene rings is 2. The molecule has 0 bridgehead atoms. The highest BCUT2D eigenvalue weighted by atomic mass is 32.2. The highest BCUT2D eigenvalue weighted by Crippen LogP contribution is 2.38. The maximum atomic E-state index is 13.7.